The first-order valence-corrected chi connectivity index (χ1v) is 15.8. The van der Waals surface area contributed by atoms with Crippen molar-refractivity contribution in [1.29, 1.82) is 0 Å². The van der Waals surface area contributed by atoms with E-state index in [1.807, 2.05) is 0 Å². The number of halogens is 20. The summed E-state index contributed by atoms with van der Waals surface area (Å²) < 4.78 is 281. The van der Waals surface area contributed by atoms with E-state index < -0.39 is 148 Å². The molecule has 4 aromatic carbocycles. The minimum Gasteiger partial charge on any atom is 1.00 e. The van der Waals surface area contributed by atoms with E-state index in [1.54, 1.807) is 0 Å². The molecule has 0 unspecified atom stereocenters. The van der Waals surface area contributed by atoms with Crippen LogP contribution in [0, 0.1) is 116 Å². The Balaban J connectivity index is 0.00000576. The first-order valence-electron chi connectivity index (χ1n) is 10.9. The van der Waals surface area contributed by atoms with Crippen molar-refractivity contribution in [2.75, 3.05) is 0 Å². The van der Waals surface area contributed by atoms with Crippen LogP contribution < -0.4 is 46.0 Å². The Bertz CT molecular complexity index is 1580. The largest absolute Gasteiger partial charge is 1.00 e. The molecule has 4 aromatic rings. The van der Waals surface area contributed by atoms with Crippen LogP contribution in [0.5, 0.6) is 0 Å². The fraction of sp³-hybridized carbons (Fsp3) is 0. The topological polar surface area (TPSA) is 0 Å². The van der Waals surface area contributed by atoms with Crippen LogP contribution in [0.25, 0.3) is 0 Å². The van der Waals surface area contributed by atoms with E-state index in [2.05, 4.69) is 0 Å². The van der Waals surface area contributed by atoms with Gasteiger partial charge in [-0.2, -0.15) is 0 Å². The monoisotopic (exact) mass is 760 g/mol. The second kappa shape index (κ2) is 12.6. The summed E-state index contributed by atoms with van der Waals surface area (Å²) >= 11 is -9.74. The van der Waals surface area contributed by atoms with Crippen LogP contribution >= 0.6 is 0 Å². The van der Waals surface area contributed by atoms with Gasteiger partial charge in [0.1, 0.15) is 0 Å². The number of hydrogen-bond acceptors (Lipinski definition) is 0. The van der Waals surface area contributed by atoms with Gasteiger partial charge in [-0.05, 0) is 0 Å². The van der Waals surface area contributed by atoms with Crippen molar-refractivity contribution in [2.45, 2.75) is 0 Å². The molecule has 0 aliphatic heterocycles. The Morgan fingerprint density at radius 3 is 0.370 bits per heavy atom. The van der Waals surface area contributed by atoms with E-state index in [0.717, 1.165) is 0 Å². The van der Waals surface area contributed by atoms with Crippen LogP contribution in [0.2, 0.25) is 0 Å². The zero-order valence-corrected chi connectivity index (χ0v) is 25.6. The van der Waals surface area contributed by atoms with Crippen LogP contribution in [0.1, 0.15) is 0 Å². The van der Waals surface area contributed by atoms with E-state index in [0.29, 0.717) is 0 Å². The third-order valence-electron chi connectivity index (χ3n) is 6.71. The molecule has 0 N–H and O–H groups in total. The van der Waals surface area contributed by atoms with Gasteiger partial charge >= 0.3 is 265 Å². The minimum atomic E-state index is -9.74. The van der Waals surface area contributed by atoms with Gasteiger partial charge < -0.3 is 0 Å². The van der Waals surface area contributed by atoms with E-state index >= 15 is 35.1 Å². The van der Waals surface area contributed by atoms with Gasteiger partial charge in [-0.3, -0.25) is 0 Å². The molecule has 0 aliphatic carbocycles. The zero-order valence-electron chi connectivity index (χ0n) is 21.1. The second-order valence-corrected chi connectivity index (χ2v) is 17.3. The third-order valence-corrected chi connectivity index (χ3v) is 18.2. The van der Waals surface area contributed by atoms with Crippen molar-refractivity contribution < 1.29 is 117 Å². The Hall–Kier alpha value is -2.88. The molecule has 4 rings (SSSR count). The second-order valence-electron chi connectivity index (χ2n) is 8.80. The fourth-order valence-corrected chi connectivity index (χ4v) is 17.0. The molecule has 0 saturated carbocycles. The Labute approximate surface area is 264 Å². The Morgan fingerprint density at radius 1 is 0.174 bits per heavy atom. The first kappa shape index (κ1) is 37.6. The first-order chi connectivity index (χ1) is 20.7. The van der Waals surface area contributed by atoms with Gasteiger partial charge in [-0.15, -0.1) is 0 Å². The maximum Gasteiger partial charge on any atom is 1.00 e. The molecular weight excluding hydrogens is 761 g/mol. The summed E-state index contributed by atoms with van der Waals surface area (Å²) in [5.74, 6) is -70.5. The Kier molecular flexibility index (Phi) is 10.3. The summed E-state index contributed by atoms with van der Waals surface area (Å²) in [6.45, 7) is 0. The van der Waals surface area contributed by atoms with E-state index in [4.69, 9.17) is 0 Å². The van der Waals surface area contributed by atoms with Crippen LogP contribution in [-0.4, -0.2) is 15.0 Å². The molecule has 240 valence electrons. The molecule has 0 atom stereocenters. The smallest absolute Gasteiger partial charge is 1.00 e. The van der Waals surface area contributed by atoms with Gasteiger partial charge in [-0.25, -0.2) is 0 Å². The average Bonchev–Trinajstić information content (AvgIpc) is 3.00. The maximum atomic E-state index is 15.4. The molecule has 0 spiro atoms. The van der Waals surface area contributed by atoms with E-state index in [9.17, 15) is 52.7 Å². The van der Waals surface area contributed by atoms with Gasteiger partial charge in [0.15, 0.2) is 0 Å². The molecule has 0 bridgehead atoms. The van der Waals surface area contributed by atoms with Crippen LogP contribution in [0.4, 0.5) is 87.8 Å². The van der Waals surface area contributed by atoms with Crippen molar-refractivity contribution in [2.24, 2.45) is 0 Å². The molecular formula is C24F20GaNa. The number of rotatable bonds is 4. The summed E-state index contributed by atoms with van der Waals surface area (Å²) in [6, 6.07) is 0. The van der Waals surface area contributed by atoms with Gasteiger partial charge in [-0.1, -0.05) is 0 Å². The van der Waals surface area contributed by atoms with Crippen molar-refractivity contribution in [3.8, 4) is 0 Å². The molecule has 0 nitrogen and oxygen atoms in total. The standard InChI is InChI=1S/4C6F5.Ga.Na/c4*7-2-1-3(8)5(10)6(11)4(2)9;;/q;;;;-1;+1. The van der Waals surface area contributed by atoms with Crippen molar-refractivity contribution in [3.63, 3.8) is 0 Å². The van der Waals surface area contributed by atoms with Crippen LogP contribution in [0.15, 0.2) is 0 Å². The predicted molar refractivity (Wildman–Crippen MR) is 109 cm³/mol. The zero-order chi connectivity index (χ0) is 34.4. The quantitative estimate of drug-likeness (QED) is 0.130. The minimum absolute atomic E-state index is 0. The summed E-state index contributed by atoms with van der Waals surface area (Å²) in [5, 5.41) is 0. The summed E-state index contributed by atoms with van der Waals surface area (Å²) in [6.07, 6.45) is 0. The predicted octanol–water partition coefficient (Wildman–Crippen LogP) is 2.85. The fourth-order valence-electron chi connectivity index (χ4n) is 4.87. The maximum absolute atomic E-state index is 15.4. The Morgan fingerprint density at radius 2 is 0.261 bits per heavy atom. The van der Waals surface area contributed by atoms with Gasteiger partial charge in [0.25, 0.3) is 0 Å². The van der Waals surface area contributed by atoms with Crippen molar-refractivity contribution >= 4 is 31.5 Å². The summed E-state index contributed by atoms with van der Waals surface area (Å²) in [5.41, 5.74) is 0. The number of hydrogen-bond donors (Lipinski definition) is 0. The SMILES string of the molecule is Fc1c(F)c(F)[c]([Ga-]([c]2c(F)c(F)c(F)c(F)c2F)([c]2c(F)c(F)c(F)c(F)c2F)[c]2c(F)c(F)c(F)c(F)c2F)c(F)c1F.[Na+]. The summed E-state index contributed by atoms with van der Waals surface area (Å²) in [7, 11) is 0. The van der Waals surface area contributed by atoms with E-state index in [-0.39, 0.29) is 29.6 Å². The van der Waals surface area contributed by atoms with Crippen molar-refractivity contribution in [1.82, 2.24) is 0 Å². The third kappa shape index (κ3) is 4.82. The van der Waals surface area contributed by atoms with Crippen molar-refractivity contribution in [3.05, 3.63) is 116 Å². The molecule has 22 heteroatoms. The molecule has 0 amide bonds. The molecule has 0 aromatic heterocycles. The molecule has 0 fully saturated rings. The normalized spacial score (nSPS) is 11.7. The molecule has 46 heavy (non-hydrogen) atoms. The molecule has 0 saturated heterocycles. The molecule has 0 heterocycles. The van der Waals surface area contributed by atoms with Gasteiger partial charge in [0.05, 0.1) is 0 Å². The molecule has 0 aliphatic rings. The molecule has 0 radical (unpaired) electrons. The van der Waals surface area contributed by atoms with Gasteiger partial charge in [0, 0.05) is 0 Å². The van der Waals surface area contributed by atoms with E-state index in [1.165, 1.54) is 0 Å². The van der Waals surface area contributed by atoms with Crippen LogP contribution in [0.3, 0.4) is 0 Å². The van der Waals surface area contributed by atoms with Gasteiger partial charge in [0.2, 0.25) is 0 Å². The summed E-state index contributed by atoms with van der Waals surface area (Å²) in [4.78, 5) is 0. The number of benzene rings is 4. The van der Waals surface area contributed by atoms with Crippen LogP contribution in [-0.2, 0) is 0 Å². The average molecular weight is 761 g/mol.